The molecule has 0 radical (unpaired) electrons. The number of hydrogen-bond donors (Lipinski definition) is 1. The second-order valence-corrected chi connectivity index (χ2v) is 6.80. The fourth-order valence-electron chi connectivity index (χ4n) is 2.96. The Labute approximate surface area is 140 Å². The van der Waals surface area contributed by atoms with Crippen LogP contribution < -0.4 is 5.32 Å². The second-order valence-electron chi connectivity index (χ2n) is 5.94. The predicted octanol–water partition coefficient (Wildman–Crippen LogP) is 4.39. The van der Waals surface area contributed by atoms with E-state index in [4.69, 9.17) is 0 Å². The zero-order chi connectivity index (χ0) is 16.3. The molecule has 1 saturated carbocycles. The molecule has 0 spiro atoms. The Hall–Kier alpha value is -2.19. The Kier molecular flexibility index (Phi) is 4.44. The number of carbonyl (C=O) groups is 1. The highest BCUT2D eigenvalue weighted by molar-refractivity contribution is 7.14. The molecule has 1 fully saturated rings. The van der Waals surface area contributed by atoms with E-state index in [1.165, 1.54) is 16.9 Å². The smallest absolute Gasteiger partial charge is 0.246 e. The molecular weight excluding hydrogens is 306 g/mol. The van der Waals surface area contributed by atoms with E-state index in [2.05, 4.69) is 35.4 Å². The SMILES string of the molecule is CCc1ccc(-c2csc(NC(=O)C3(C#N)CCCC3)n2)cc1. The molecule has 23 heavy (non-hydrogen) atoms. The lowest BCUT2D eigenvalue weighted by atomic mass is 9.87. The average molecular weight is 325 g/mol. The van der Waals surface area contributed by atoms with Crippen molar-refractivity contribution in [1.29, 1.82) is 5.26 Å². The maximum atomic E-state index is 12.4. The van der Waals surface area contributed by atoms with Gasteiger partial charge in [0, 0.05) is 10.9 Å². The van der Waals surface area contributed by atoms with Crippen LogP contribution in [0.4, 0.5) is 5.13 Å². The molecule has 2 aromatic rings. The Morgan fingerprint density at radius 2 is 2.04 bits per heavy atom. The van der Waals surface area contributed by atoms with Crippen molar-refractivity contribution < 1.29 is 4.79 Å². The summed E-state index contributed by atoms with van der Waals surface area (Å²) in [6, 6.07) is 10.5. The van der Waals surface area contributed by atoms with E-state index < -0.39 is 5.41 Å². The van der Waals surface area contributed by atoms with Gasteiger partial charge in [-0.15, -0.1) is 11.3 Å². The van der Waals surface area contributed by atoms with Crippen molar-refractivity contribution in [3.63, 3.8) is 0 Å². The van der Waals surface area contributed by atoms with Crippen molar-refractivity contribution >= 4 is 22.4 Å². The number of nitriles is 1. The number of aromatic nitrogens is 1. The van der Waals surface area contributed by atoms with Gasteiger partial charge < -0.3 is 5.32 Å². The number of carbonyl (C=O) groups excluding carboxylic acids is 1. The Bertz CT molecular complexity index is 736. The molecular formula is C18H19N3OS. The molecule has 0 atom stereocenters. The van der Waals surface area contributed by atoms with E-state index in [0.29, 0.717) is 18.0 Å². The standard InChI is InChI=1S/C18H19N3OS/c1-2-13-5-7-14(8-6-13)15-11-23-17(20-15)21-16(22)18(12-19)9-3-4-10-18/h5-8,11H,2-4,9-10H2,1H3,(H,20,21,22). The summed E-state index contributed by atoms with van der Waals surface area (Å²) in [6.45, 7) is 2.12. The summed E-state index contributed by atoms with van der Waals surface area (Å²) in [7, 11) is 0. The van der Waals surface area contributed by atoms with Crippen LogP contribution in [0.5, 0.6) is 0 Å². The normalized spacial score (nSPS) is 16.0. The van der Waals surface area contributed by atoms with E-state index in [1.54, 1.807) is 0 Å². The average Bonchev–Trinajstić information content (AvgIpc) is 3.25. The summed E-state index contributed by atoms with van der Waals surface area (Å²) in [5, 5.41) is 14.7. The molecule has 3 rings (SSSR count). The van der Waals surface area contributed by atoms with Crippen LogP contribution in [0, 0.1) is 16.7 Å². The van der Waals surface area contributed by atoms with Gasteiger partial charge in [0.15, 0.2) is 5.13 Å². The minimum absolute atomic E-state index is 0.209. The van der Waals surface area contributed by atoms with Crippen molar-refractivity contribution in [2.45, 2.75) is 39.0 Å². The zero-order valence-corrected chi connectivity index (χ0v) is 13.9. The van der Waals surface area contributed by atoms with Gasteiger partial charge in [0.2, 0.25) is 5.91 Å². The van der Waals surface area contributed by atoms with Gasteiger partial charge in [-0.25, -0.2) is 4.98 Å². The van der Waals surface area contributed by atoms with Crippen molar-refractivity contribution in [2.75, 3.05) is 5.32 Å². The Balaban J connectivity index is 1.74. The van der Waals surface area contributed by atoms with Crippen molar-refractivity contribution in [2.24, 2.45) is 5.41 Å². The number of aryl methyl sites for hydroxylation is 1. The fourth-order valence-corrected chi connectivity index (χ4v) is 3.67. The molecule has 0 unspecified atom stereocenters. The highest BCUT2D eigenvalue weighted by atomic mass is 32.1. The third-order valence-corrected chi connectivity index (χ3v) is 5.25. The third-order valence-electron chi connectivity index (χ3n) is 4.49. The maximum Gasteiger partial charge on any atom is 0.246 e. The lowest BCUT2D eigenvalue weighted by Gasteiger charge is -2.17. The topological polar surface area (TPSA) is 65.8 Å². The molecule has 1 amide bonds. The summed E-state index contributed by atoms with van der Waals surface area (Å²) in [5.74, 6) is -0.209. The van der Waals surface area contributed by atoms with E-state index >= 15 is 0 Å². The highest BCUT2D eigenvalue weighted by Crippen LogP contribution is 2.38. The summed E-state index contributed by atoms with van der Waals surface area (Å²) in [4.78, 5) is 16.9. The minimum Gasteiger partial charge on any atom is -0.301 e. The van der Waals surface area contributed by atoms with Crippen LogP contribution in [-0.2, 0) is 11.2 Å². The first-order valence-corrected chi connectivity index (χ1v) is 8.82. The summed E-state index contributed by atoms with van der Waals surface area (Å²) < 4.78 is 0. The van der Waals surface area contributed by atoms with Crippen LogP contribution in [0.25, 0.3) is 11.3 Å². The largest absolute Gasteiger partial charge is 0.301 e. The molecule has 1 heterocycles. The van der Waals surface area contributed by atoms with Gasteiger partial charge in [0.1, 0.15) is 5.41 Å². The van der Waals surface area contributed by atoms with Crippen LogP contribution in [0.15, 0.2) is 29.6 Å². The zero-order valence-electron chi connectivity index (χ0n) is 13.1. The number of hydrogen-bond acceptors (Lipinski definition) is 4. The number of anilines is 1. The fraction of sp³-hybridized carbons (Fsp3) is 0.389. The van der Waals surface area contributed by atoms with E-state index in [-0.39, 0.29) is 5.91 Å². The molecule has 0 saturated heterocycles. The van der Waals surface area contributed by atoms with Gasteiger partial charge in [-0.05, 0) is 24.8 Å². The number of thiazole rings is 1. The van der Waals surface area contributed by atoms with Crippen LogP contribution in [0.2, 0.25) is 0 Å². The molecule has 1 aliphatic rings. The van der Waals surface area contributed by atoms with Crippen LogP contribution in [-0.4, -0.2) is 10.9 Å². The van der Waals surface area contributed by atoms with Gasteiger partial charge in [-0.3, -0.25) is 4.79 Å². The number of nitrogens with one attached hydrogen (secondary N) is 1. The van der Waals surface area contributed by atoms with Gasteiger partial charge >= 0.3 is 0 Å². The van der Waals surface area contributed by atoms with Crippen LogP contribution in [0.1, 0.15) is 38.2 Å². The lowest BCUT2D eigenvalue weighted by molar-refractivity contribution is -0.122. The van der Waals surface area contributed by atoms with Gasteiger partial charge in [0.25, 0.3) is 0 Å². The van der Waals surface area contributed by atoms with Gasteiger partial charge in [-0.2, -0.15) is 5.26 Å². The molecule has 0 bridgehead atoms. The van der Waals surface area contributed by atoms with Crippen molar-refractivity contribution in [3.8, 4) is 17.3 Å². The first-order valence-electron chi connectivity index (χ1n) is 7.94. The van der Waals surface area contributed by atoms with Crippen molar-refractivity contribution in [1.82, 2.24) is 4.98 Å². The molecule has 1 aromatic carbocycles. The first-order chi connectivity index (χ1) is 11.2. The molecule has 0 aliphatic heterocycles. The van der Waals surface area contributed by atoms with Crippen LogP contribution in [0.3, 0.4) is 0 Å². The molecule has 1 aromatic heterocycles. The molecule has 1 aliphatic carbocycles. The summed E-state index contributed by atoms with van der Waals surface area (Å²) >= 11 is 1.40. The van der Waals surface area contributed by atoms with Gasteiger partial charge in [-0.1, -0.05) is 44.0 Å². The van der Waals surface area contributed by atoms with E-state index in [1.807, 2.05) is 17.5 Å². The molecule has 118 valence electrons. The monoisotopic (exact) mass is 325 g/mol. The van der Waals surface area contributed by atoms with Gasteiger partial charge in [0.05, 0.1) is 11.8 Å². The van der Waals surface area contributed by atoms with Crippen LogP contribution >= 0.6 is 11.3 Å². The number of benzene rings is 1. The number of nitrogens with zero attached hydrogens (tertiary/aromatic N) is 2. The molecule has 1 N–H and O–H groups in total. The summed E-state index contributed by atoms with van der Waals surface area (Å²) in [6.07, 6.45) is 4.18. The Morgan fingerprint density at radius 3 is 2.65 bits per heavy atom. The predicted molar refractivity (Wildman–Crippen MR) is 92.1 cm³/mol. The second kappa shape index (κ2) is 6.51. The quantitative estimate of drug-likeness (QED) is 0.906. The summed E-state index contributed by atoms with van der Waals surface area (Å²) in [5.41, 5.74) is 2.31. The Morgan fingerprint density at radius 1 is 1.35 bits per heavy atom. The highest BCUT2D eigenvalue weighted by Gasteiger charge is 2.41. The van der Waals surface area contributed by atoms with Crippen molar-refractivity contribution in [3.05, 3.63) is 35.2 Å². The minimum atomic E-state index is -0.866. The number of rotatable bonds is 4. The first kappa shape index (κ1) is 15.7. The molecule has 4 nitrogen and oxygen atoms in total. The molecule has 5 heteroatoms. The number of amides is 1. The van der Waals surface area contributed by atoms with E-state index in [0.717, 1.165) is 30.5 Å². The maximum absolute atomic E-state index is 12.4. The lowest BCUT2D eigenvalue weighted by Crippen LogP contribution is -2.32. The van der Waals surface area contributed by atoms with E-state index in [9.17, 15) is 10.1 Å². The third kappa shape index (κ3) is 3.13.